The zero-order valence-electron chi connectivity index (χ0n) is 13.1. The summed E-state index contributed by atoms with van der Waals surface area (Å²) >= 11 is 0. The molecule has 3 heteroatoms. The van der Waals surface area contributed by atoms with Crippen LogP contribution in [0.15, 0.2) is 41.2 Å². The first-order chi connectivity index (χ1) is 10.7. The van der Waals surface area contributed by atoms with Crippen LogP contribution in [-0.2, 0) is 13.0 Å². The Balaban J connectivity index is 2.13. The van der Waals surface area contributed by atoms with E-state index >= 15 is 0 Å². The molecule has 1 saturated carbocycles. The smallest absolute Gasteiger partial charge is 0.256 e. The highest BCUT2D eigenvalue weighted by molar-refractivity contribution is 5.60. The average molecular weight is 297 g/mol. The molecule has 1 heterocycles. The van der Waals surface area contributed by atoms with Crippen molar-refractivity contribution in [3.05, 3.63) is 57.9 Å². The molecule has 0 spiro atoms. The van der Waals surface area contributed by atoms with Crippen LogP contribution in [0.4, 0.5) is 0 Å². The van der Waals surface area contributed by atoms with E-state index in [0.717, 1.165) is 30.5 Å². The van der Waals surface area contributed by atoms with Crippen molar-refractivity contribution in [1.82, 2.24) is 4.57 Å². The fourth-order valence-corrected chi connectivity index (χ4v) is 3.39. The van der Waals surface area contributed by atoms with Gasteiger partial charge in [-0.3, -0.25) is 4.79 Å². The molecule has 1 aromatic carbocycles. The van der Waals surface area contributed by atoms with Gasteiger partial charge in [-0.25, -0.2) is 0 Å². The minimum absolute atomic E-state index is 0.0357. The Labute approximate surface area is 131 Å². The molecule has 1 aromatic heterocycles. The van der Waals surface area contributed by atoms with E-state index in [1.54, 1.807) is 6.07 Å². The summed E-state index contributed by atoms with van der Waals surface area (Å²) in [5.74, 6) is 0. The maximum atomic E-state index is 12.7. The number of rotatable bonds is 4. The Morgan fingerprint density at radius 1 is 1.09 bits per heavy atom. The molecule has 116 valence electrons. The van der Waals surface area contributed by atoms with Gasteiger partial charge in [0.2, 0.25) is 0 Å². The van der Waals surface area contributed by atoms with Crippen molar-refractivity contribution in [2.75, 3.05) is 0 Å². The number of benzene rings is 1. The molecular formula is C19H23NO2. The molecule has 1 aliphatic rings. The molecule has 22 heavy (non-hydrogen) atoms. The van der Waals surface area contributed by atoms with E-state index in [1.165, 1.54) is 18.4 Å². The first-order valence-electron chi connectivity index (χ1n) is 8.19. The van der Waals surface area contributed by atoms with E-state index < -0.39 is 0 Å². The van der Waals surface area contributed by atoms with Gasteiger partial charge in [-0.2, -0.15) is 0 Å². The quantitative estimate of drug-likeness (QED) is 0.935. The van der Waals surface area contributed by atoms with Gasteiger partial charge < -0.3 is 9.67 Å². The molecule has 3 nitrogen and oxygen atoms in total. The van der Waals surface area contributed by atoms with Crippen molar-refractivity contribution in [2.24, 2.45) is 0 Å². The standard InChI is InChI=1S/C19H23NO2/c1-2-14-7-9-15(10-8-14)18-12-11-16(13-21)19(22)20(18)17-5-3-4-6-17/h7-12,17,21H,2-6,13H2,1H3. The lowest BCUT2D eigenvalue weighted by molar-refractivity contribution is 0.278. The molecule has 1 N–H and O–H groups in total. The van der Waals surface area contributed by atoms with Crippen LogP contribution in [0.5, 0.6) is 0 Å². The van der Waals surface area contributed by atoms with Crippen molar-refractivity contribution in [2.45, 2.75) is 51.7 Å². The summed E-state index contributed by atoms with van der Waals surface area (Å²) in [7, 11) is 0. The average Bonchev–Trinajstić information content (AvgIpc) is 3.08. The second kappa shape index (κ2) is 6.49. The Morgan fingerprint density at radius 3 is 2.36 bits per heavy atom. The van der Waals surface area contributed by atoms with E-state index in [0.29, 0.717) is 5.56 Å². The third-order valence-corrected chi connectivity index (χ3v) is 4.71. The lowest BCUT2D eigenvalue weighted by Crippen LogP contribution is -2.27. The van der Waals surface area contributed by atoms with Crippen molar-refractivity contribution >= 4 is 0 Å². The number of aliphatic hydroxyl groups excluding tert-OH is 1. The van der Waals surface area contributed by atoms with Gasteiger partial charge in [0.15, 0.2) is 0 Å². The van der Waals surface area contributed by atoms with Crippen LogP contribution in [-0.4, -0.2) is 9.67 Å². The minimum Gasteiger partial charge on any atom is -0.391 e. The normalized spacial score (nSPS) is 15.4. The monoisotopic (exact) mass is 297 g/mol. The minimum atomic E-state index is -0.194. The highest BCUT2D eigenvalue weighted by Gasteiger charge is 2.22. The van der Waals surface area contributed by atoms with Crippen molar-refractivity contribution in [1.29, 1.82) is 0 Å². The maximum Gasteiger partial charge on any atom is 0.256 e. The molecule has 3 rings (SSSR count). The largest absolute Gasteiger partial charge is 0.391 e. The first kappa shape index (κ1) is 15.0. The van der Waals surface area contributed by atoms with Gasteiger partial charge in [0.05, 0.1) is 12.3 Å². The lowest BCUT2D eigenvalue weighted by atomic mass is 10.0. The number of aromatic nitrogens is 1. The SMILES string of the molecule is CCc1ccc(-c2ccc(CO)c(=O)n2C2CCCC2)cc1. The molecule has 0 amide bonds. The van der Waals surface area contributed by atoms with Crippen LogP contribution in [0.3, 0.4) is 0 Å². The van der Waals surface area contributed by atoms with Crippen LogP contribution in [0.25, 0.3) is 11.3 Å². The van der Waals surface area contributed by atoms with E-state index in [2.05, 4.69) is 31.2 Å². The zero-order valence-corrected chi connectivity index (χ0v) is 13.1. The van der Waals surface area contributed by atoms with Gasteiger partial charge in [0.1, 0.15) is 0 Å². The lowest BCUT2D eigenvalue weighted by Gasteiger charge is -2.20. The predicted octanol–water partition coefficient (Wildman–Crippen LogP) is 3.69. The number of aliphatic hydroxyl groups is 1. The van der Waals surface area contributed by atoms with Crippen molar-refractivity contribution in [3.63, 3.8) is 0 Å². The maximum absolute atomic E-state index is 12.7. The van der Waals surface area contributed by atoms with Gasteiger partial charge in [-0.15, -0.1) is 0 Å². The molecule has 2 aromatic rings. The summed E-state index contributed by atoms with van der Waals surface area (Å²) in [6.45, 7) is 1.94. The Kier molecular flexibility index (Phi) is 4.44. The Hall–Kier alpha value is -1.87. The van der Waals surface area contributed by atoms with Gasteiger partial charge in [0.25, 0.3) is 5.56 Å². The molecule has 1 fully saturated rings. The zero-order chi connectivity index (χ0) is 15.5. The molecule has 0 saturated heterocycles. The molecule has 0 radical (unpaired) electrons. The topological polar surface area (TPSA) is 42.2 Å². The molecular weight excluding hydrogens is 274 g/mol. The summed E-state index contributed by atoms with van der Waals surface area (Å²) in [5.41, 5.74) is 3.79. The van der Waals surface area contributed by atoms with E-state index in [-0.39, 0.29) is 18.2 Å². The summed E-state index contributed by atoms with van der Waals surface area (Å²) in [4.78, 5) is 12.7. The Morgan fingerprint density at radius 2 is 1.77 bits per heavy atom. The summed E-state index contributed by atoms with van der Waals surface area (Å²) in [5, 5.41) is 9.40. The molecule has 0 bridgehead atoms. The number of nitrogens with zero attached hydrogens (tertiary/aromatic N) is 1. The second-order valence-electron chi connectivity index (χ2n) is 6.07. The number of aryl methyl sites for hydroxylation is 1. The first-order valence-corrected chi connectivity index (χ1v) is 8.19. The fraction of sp³-hybridized carbons (Fsp3) is 0.421. The molecule has 0 atom stereocenters. The van der Waals surface area contributed by atoms with E-state index in [1.807, 2.05) is 10.6 Å². The molecule has 1 aliphatic carbocycles. The summed E-state index contributed by atoms with van der Waals surface area (Å²) in [6.07, 6.45) is 5.46. The van der Waals surface area contributed by atoms with Crippen molar-refractivity contribution in [3.8, 4) is 11.3 Å². The van der Waals surface area contributed by atoms with E-state index in [4.69, 9.17) is 0 Å². The van der Waals surface area contributed by atoms with Crippen LogP contribution in [0.1, 0.15) is 49.8 Å². The highest BCUT2D eigenvalue weighted by atomic mass is 16.3. The van der Waals surface area contributed by atoms with Gasteiger partial charge in [-0.1, -0.05) is 44.0 Å². The second-order valence-corrected chi connectivity index (χ2v) is 6.07. The van der Waals surface area contributed by atoms with Crippen LogP contribution in [0, 0.1) is 0 Å². The molecule has 0 unspecified atom stereocenters. The van der Waals surface area contributed by atoms with Crippen LogP contribution >= 0.6 is 0 Å². The number of hydrogen-bond donors (Lipinski definition) is 1. The van der Waals surface area contributed by atoms with Crippen LogP contribution in [0.2, 0.25) is 0 Å². The van der Waals surface area contributed by atoms with Crippen molar-refractivity contribution < 1.29 is 5.11 Å². The third kappa shape index (κ3) is 2.73. The number of pyridine rings is 1. The fourth-order valence-electron chi connectivity index (χ4n) is 3.39. The third-order valence-electron chi connectivity index (χ3n) is 4.71. The predicted molar refractivity (Wildman–Crippen MR) is 88.9 cm³/mol. The number of hydrogen-bond acceptors (Lipinski definition) is 2. The molecule has 0 aliphatic heterocycles. The highest BCUT2D eigenvalue weighted by Crippen LogP contribution is 2.32. The summed E-state index contributed by atoms with van der Waals surface area (Å²) in [6, 6.07) is 12.4. The summed E-state index contributed by atoms with van der Waals surface area (Å²) < 4.78 is 1.92. The van der Waals surface area contributed by atoms with Gasteiger partial charge >= 0.3 is 0 Å². The van der Waals surface area contributed by atoms with Gasteiger partial charge in [-0.05, 0) is 42.5 Å². The Bertz CT molecular complexity index is 694. The van der Waals surface area contributed by atoms with E-state index in [9.17, 15) is 9.90 Å². The van der Waals surface area contributed by atoms with Gasteiger partial charge in [0, 0.05) is 11.6 Å². The van der Waals surface area contributed by atoms with Crippen LogP contribution < -0.4 is 5.56 Å².